The number of benzene rings is 1. The summed E-state index contributed by atoms with van der Waals surface area (Å²) < 4.78 is 15.4. The highest BCUT2D eigenvalue weighted by molar-refractivity contribution is 7.21. The van der Waals surface area contributed by atoms with E-state index in [9.17, 15) is 9.18 Å². The van der Waals surface area contributed by atoms with Gasteiger partial charge in [-0.1, -0.05) is 0 Å². The number of nitrogens with zero attached hydrogens (tertiary/aromatic N) is 3. The molecule has 0 aliphatic heterocycles. The van der Waals surface area contributed by atoms with Crippen molar-refractivity contribution in [3.63, 3.8) is 0 Å². The van der Waals surface area contributed by atoms with E-state index in [1.807, 2.05) is 6.07 Å². The number of aromatic carboxylic acids is 1. The van der Waals surface area contributed by atoms with E-state index in [2.05, 4.69) is 5.10 Å². The second-order valence-electron chi connectivity index (χ2n) is 4.05. The summed E-state index contributed by atoms with van der Waals surface area (Å²) in [5.74, 6) is -1.55. The van der Waals surface area contributed by atoms with Gasteiger partial charge in [0.25, 0.3) is 0 Å². The Labute approximate surface area is 116 Å². The molecule has 2 heterocycles. The van der Waals surface area contributed by atoms with Crippen molar-refractivity contribution in [2.75, 3.05) is 0 Å². The van der Waals surface area contributed by atoms with E-state index in [0.29, 0.717) is 15.1 Å². The molecular weight excluding hydrogens is 281 g/mol. The van der Waals surface area contributed by atoms with Crippen LogP contribution in [0, 0.1) is 17.1 Å². The maximum atomic E-state index is 13.4. The van der Waals surface area contributed by atoms with Gasteiger partial charge in [0.15, 0.2) is 0 Å². The van der Waals surface area contributed by atoms with E-state index in [4.69, 9.17) is 10.4 Å². The first-order chi connectivity index (χ1) is 9.58. The first-order valence-electron chi connectivity index (χ1n) is 5.50. The van der Waals surface area contributed by atoms with Gasteiger partial charge in [-0.2, -0.15) is 10.4 Å². The van der Waals surface area contributed by atoms with Crippen molar-refractivity contribution in [3.8, 4) is 11.1 Å². The number of halogens is 1. The van der Waals surface area contributed by atoms with Crippen molar-refractivity contribution in [2.45, 2.75) is 0 Å². The predicted molar refractivity (Wildman–Crippen MR) is 70.6 cm³/mol. The quantitative estimate of drug-likeness (QED) is 0.786. The zero-order valence-corrected chi connectivity index (χ0v) is 10.7. The summed E-state index contributed by atoms with van der Waals surface area (Å²) in [4.78, 5) is 10.8. The molecule has 1 N–H and O–H groups in total. The van der Waals surface area contributed by atoms with Gasteiger partial charge in [0, 0.05) is 6.20 Å². The van der Waals surface area contributed by atoms with Crippen LogP contribution in [0.25, 0.3) is 15.1 Å². The summed E-state index contributed by atoms with van der Waals surface area (Å²) >= 11 is 1.25. The number of nitriles is 1. The number of carbonyl (C=O) groups is 1. The second kappa shape index (κ2) is 4.43. The lowest BCUT2D eigenvalue weighted by Crippen LogP contribution is -1.93. The molecule has 98 valence electrons. The topological polar surface area (TPSA) is 78.9 Å². The third kappa shape index (κ3) is 1.92. The Hall–Kier alpha value is -2.72. The molecule has 3 rings (SSSR count). The average molecular weight is 287 g/mol. The summed E-state index contributed by atoms with van der Waals surface area (Å²) in [5, 5.41) is 23.0. The van der Waals surface area contributed by atoms with E-state index in [1.54, 1.807) is 6.07 Å². The number of fused-ring (bicyclic) bond motifs is 1. The van der Waals surface area contributed by atoms with Crippen molar-refractivity contribution in [1.29, 1.82) is 5.26 Å². The molecule has 0 amide bonds. The number of aromatic nitrogens is 2. The number of carboxylic acids is 1. The lowest BCUT2D eigenvalue weighted by Gasteiger charge is -1.93. The van der Waals surface area contributed by atoms with Gasteiger partial charge in [0.05, 0.1) is 22.0 Å². The van der Waals surface area contributed by atoms with Crippen LogP contribution >= 0.6 is 11.3 Å². The third-order valence-corrected chi connectivity index (χ3v) is 3.92. The van der Waals surface area contributed by atoms with E-state index < -0.39 is 11.8 Å². The third-order valence-electron chi connectivity index (χ3n) is 2.74. The maximum absolute atomic E-state index is 13.4. The molecule has 20 heavy (non-hydrogen) atoms. The molecule has 1 aromatic carbocycles. The summed E-state index contributed by atoms with van der Waals surface area (Å²) in [6.45, 7) is 0. The Morgan fingerprint density at radius 2 is 2.25 bits per heavy atom. The van der Waals surface area contributed by atoms with Crippen LogP contribution in [0.1, 0.15) is 15.9 Å². The number of hydrogen-bond donors (Lipinski definition) is 1. The van der Waals surface area contributed by atoms with Crippen LogP contribution in [0.5, 0.6) is 0 Å². The zero-order chi connectivity index (χ0) is 14.3. The molecule has 0 aliphatic carbocycles. The Kier molecular flexibility index (Phi) is 2.73. The fourth-order valence-corrected chi connectivity index (χ4v) is 2.89. The van der Waals surface area contributed by atoms with Gasteiger partial charge in [0.2, 0.25) is 0 Å². The smallest absolute Gasteiger partial charge is 0.338 e. The highest BCUT2D eigenvalue weighted by atomic mass is 32.1. The van der Waals surface area contributed by atoms with Crippen LogP contribution < -0.4 is 0 Å². The molecule has 0 spiro atoms. The van der Waals surface area contributed by atoms with Crippen molar-refractivity contribution in [1.82, 2.24) is 9.78 Å². The van der Waals surface area contributed by atoms with Gasteiger partial charge in [-0.3, -0.25) is 0 Å². The minimum Gasteiger partial charge on any atom is -0.478 e. The van der Waals surface area contributed by atoms with E-state index in [0.717, 1.165) is 0 Å². The minimum atomic E-state index is -1.07. The fraction of sp³-hybridized carbons (Fsp3) is 0. The summed E-state index contributed by atoms with van der Waals surface area (Å²) in [5.41, 5.74) is 0.316. The SMILES string of the molecule is N#Cc1cc(F)cc2cc(-n3cc(C(=O)O)cn3)sc12. The van der Waals surface area contributed by atoms with Gasteiger partial charge in [0.1, 0.15) is 16.9 Å². The highest BCUT2D eigenvalue weighted by Gasteiger charge is 2.12. The van der Waals surface area contributed by atoms with Crippen LogP contribution in [-0.2, 0) is 0 Å². The standard InChI is InChI=1S/C13H6FN3O2S/c14-10-1-7-3-11(20-12(7)8(2-10)4-15)17-6-9(5-16-17)13(18)19/h1-3,5-6H,(H,18,19). The Bertz CT molecular complexity index is 875. The van der Waals surface area contributed by atoms with Gasteiger partial charge < -0.3 is 5.11 Å². The lowest BCUT2D eigenvalue weighted by molar-refractivity contribution is 0.0697. The van der Waals surface area contributed by atoms with Crippen molar-refractivity contribution < 1.29 is 14.3 Å². The highest BCUT2D eigenvalue weighted by Crippen LogP contribution is 2.31. The molecule has 0 unspecified atom stereocenters. The predicted octanol–water partition coefficient (Wildman–Crippen LogP) is 2.80. The molecule has 0 saturated carbocycles. The van der Waals surface area contributed by atoms with Crippen molar-refractivity contribution in [2.24, 2.45) is 0 Å². The summed E-state index contributed by atoms with van der Waals surface area (Å²) in [7, 11) is 0. The molecule has 0 atom stereocenters. The zero-order valence-electron chi connectivity index (χ0n) is 9.87. The summed E-state index contributed by atoms with van der Waals surface area (Å²) in [6.07, 6.45) is 2.61. The average Bonchev–Trinajstić information content (AvgIpc) is 3.03. The molecule has 0 bridgehead atoms. The van der Waals surface area contributed by atoms with Crippen LogP contribution in [0.2, 0.25) is 0 Å². The molecule has 0 radical (unpaired) electrons. The van der Waals surface area contributed by atoms with E-state index in [1.165, 1.54) is 40.5 Å². The Morgan fingerprint density at radius 3 is 2.90 bits per heavy atom. The van der Waals surface area contributed by atoms with Crippen LogP contribution in [-0.4, -0.2) is 20.9 Å². The molecule has 3 aromatic rings. The number of hydrogen-bond acceptors (Lipinski definition) is 4. The fourth-order valence-electron chi connectivity index (χ4n) is 1.85. The van der Waals surface area contributed by atoms with E-state index in [-0.39, 0.29) is 11.1 Å². The Balaban J connectivity index is 2.17. The number of carboxylic acid groups (broad SMARTS) is 1. The van der Waals surface area contributed by atoms with Gasteiger partial charge >= 0.3 is 5.97 Å². The van der Waals surface area contributed by atoms with Crippen LogP contribution in [0.15, 0.2) is 30.6 Å². The summed E-state index contributed by atoms with van der Waals surface area (Å²) in [6, 6.07) is 6.12. The van der Waals surface area contributed by atoms with Gasteiger partial charge in [-0.15, -0.1) is 11.3 Å². The number of thiophene rings is 1. The maximum Gasteiger partial charge on any atom is 0.338 e. The molecule has 2 aromatic heterocycles. The lowest BCUT2D eigenvalue weighted by atomic mass is 10.2. The molecule has 0 saturated heterocycles. The number of rotatable bonds is 2. The normalized spacial score (nSPS) is 10.6. The Morgan fingerprint density at radius 1 is 1.45 bits per heavy atom. The second-order valence-corrected chi connectivity index (χ2v) is 5.08. The monoisotopic (exact) mass is 287 g/mol. The largest absolute Gasteiger partial charge is 0.478 e. The molecule has 7 heteroatoms. The molecule has 0 fully saturated rings. The first-order valence-corrected chi connectivity index (χ1v) is 6.31. The van der Waals surface area contributed by atoms with Crippen molar-refractivity contribution >= 4 is 27.4 Å². The first kappa shape index (κ1) is 12.3. The molecule has 0 aliphatic rings. The van der Waals surface area contributed by atoms with Gasteiger partial charge in [-0.05, 0) is 23.6 Å². The minimum absolute atomic E-state index is 0.0640. The van der Waals surface area contributed by atoms with Crippen LogP contribution in [0.3, 0.4) is 0 Å². The molecular formula is C13H6FN3O2S. The van der Waals surface area contributed by atoms with Crippen molar-refractivity contribution in [3.05, 3.63) is 47.5 Å². The van der Waals surface area contributed by atoms with Gasteiger partial charge in [-0.25, -0.2) is 13.9 Å². The molecule has 5 nitrogen and oxygen atoms in total. The van der Waals surface area contributed by atoms with E-state index >= 15 is 0 Å². The van der Waals surface area contributed by atoms with Crippen LogP contribution in [0.4, 0.5) is 4.39 Å².